The van der Waals surface area contributed by atoms with Crippen LogP contribution in [0.15, 0.2) is 30.5 Å². The maximum atomic E-state index is 12.9. The Morgan fingerprint density at radius 3 is 2.21 bits per heavy atom. The maximum Gasteiger partial charge on any atom is 0.417 e. The summed E-state index contributed by atoms with van der Waals surface area (Å²) in [6.45, 7) is 0. The first-order valence-corrected chi connectivity index (χ1v) is 8.00. The molecule has 4 aromatic rings. The van der Waals surface area contributed by atoms with Crippen molar-refractivity contribution in [2.24, 2.45) is 7.05 Å². The van der Waals surface area contributed by atoms with Gasteiger partial charge in [-0.1, -0.05) is 11.6 Å². The molecule has 146 valence electrons. The molecule has 1 aromatic carbocycles. The summed E-state index contributed by atoms with van der Waals surface area (Å²) in [5, 5.41) is 4.25. The summed E-state index contributed by atoms with van der Waals surface area (Å²) in [5.74, 6) is 0.0107. The van der Waals surface area contributed by atoms with Crippen molar-refractivity contribution in [1.29, 1.82) is 0 Å². The number of pyridine rings is 1. The van der Waals surface area contributed by atoms with Gasteiger partial charge >= 0.3 is 12.4 Å². The Morgan fingerprint density at radius 1 is 0.929 bits per heavy atom. The zero-order chi connectivity index (χ0) is 20.4. The van der Waals surface area contributed by atoms with Gasteiger partial charge in [-0.2, -0.15) is 36.1 Å². The Labute approximate surface area is 157 Å². The number of aromatic nitrogens is 5. The van der Waals surface area contributed by atoms with Gasteiger partial charge in [0.05, 0.1) is 16.6 Å². The lowest BCUT2D eigenvalue weighted by atomic mass is 10.1. The van der Waals surface area contributed by atoms with E-state index in [4.69, 9.17) is 11.6 Å². The molecule has 12 heteroatoms. The van der Waals surface area contributed by atoms with Crippen LogP contribution in [-0.4, -0.2) is 24.3 Å². The first kappa shape index (κ1) is 18.5. The van der Waals surface area contributed by atoms with Gasteiger partial charge in [-0.3, -0.25) is 4.57 Å². The van der Waals surface area contributed by atoms with E-state index >= 15 is 0 Å². The van der Waals surface area contributed by atoms with Gasteiger partial charge in [-0.15, -0.1) is 0 Å². The van der Waals surface area contributed by atoms with Gasteiger partial charge in [0.1, 0.15) is 10.7 Å². The van der Waals surface area contributed by atoms with E-state index in [9.17, 15) is 26.3 Å². The summed E-state index contributed by atoms with van der Waals surface area (Å²) in [5.41, 5.74) is -1.83. The van der Waals surface area contributed by atoms with Crippen LogP contribution in [0.4, 0.5) is 26.3 Å². The normalized spacial score (nSPS) is 13.0. The number of rotatable bonds is 1. The van der Waals surface area contributed by atoms with Crippen LogP contribution < -0.4 is 0 Å². The lowest BCUT2D eigenvalue weighted by Gasteiger charge is -2.05. The molecule has 0 aliphatic carbocycles. The van der Waals surface area contributed by atoms with E-state index in [0.29, 0.717) is 6.20 Å². The highest BCUT2D eigenvalue weighted by molar-refractivity contribution is 6.34. The Kier molecular flexibility index (Phi) is 3.86. The van der Waals surface area contributed by atoms with Gasteiger partial charge in [-0.25, -0.2) is 9.97 Å². The predicted molar refractivity (Wildman–Crippen MR) is 88.2 cm³/mol. The fourth-order valence-electron chi connectivity index (χ4n) is 2.77. The highest BCUT2D eigenvalue weighted by Gasteiger charge is 2.33. The monoisotopic (exact) mass is 419 g/mol. The van der Waals surface area contributed by atoms with Crippen LogP contribution in [0.1, 0.15) is 11.1 Å². The molecule has 0 aliphatic rings. The number of hydrogen-bond donors (Lipinski definition) is 0. The third-order valence-electron chi connectivity index (χ3n) is 4.14. The van der Waals surface area contributed by atoms with E-state index in [-0.39, 0.29) is 33.2 Å². The Morgan fingerprint density at radius 2 is 1.57 bits per heavy atom. The van der Waals surface area contributed by atoms with Gasteiger partial charge in [-0.05, 0) is 24.3 Å². The molecule has 3 aromatic heterocycles. The molecule has 28 heavy (non-hydrogen) atoms. The molecule has 0 aliphatic heterocycles. The van der Waals surface area contributed by atoms with E-state index in [1.165, 1.54) is 17.7 Å². The molecule has 0 unspecified atom stereocenters. The molecule has 0 saturated carbocycles. The Bertz CT molecular complexity index is 1120. The Hall–Kier alpha value is -2.82. The summed E-state index contributed by atoms with van der Waals surface area (Å²) in [6, 6.07) is 3.70. The quantitative estimate of drug-likeness (QED) is 0.408. The zero-order valence-electron chi connectivity index (χ0n) is 13.8. The fraction of sp³-hybridized carbons (Fsp3) is 0.188. The van der Waals surface area contributed by atoms with Crippen molar-refractivity contribution in [3.05, 3.63) is 46.7 Å². The second-order valence-electron chi connectivity index (χ2n) is 5.97. The molecule has 0 radical (unpaired) electrons. The molecule has 0 N–H and O–H groups in total. The third kappa shape index (κ3) is 2.86. The number of aryl methyl sites for hydroxylation is 1. The van der Waals surface area contributed by atoms with Crippen LogP contribution in [-0.2, 0) is 19.4 Å². The molecule has 0 spiro atoms. The molecular weight excluding hydrogens is 412 g/mol. The van der Waals surface area contributed by atoms with Crippen LogP contribution in [0.25, 0.3) is 28.0 Å². The number of hydrogen-bond acceptors (Lipinski definition) is 3. The standard InChI is InChI=1S/C16H8ClF6N5/c1-27-13-11(5-8(6-24-13)16(21,22)23)25-14(27)28-12(17)9-3-2-7(15(18,19)20)4-10(9)26-28/h2-6H,1H3. The van der Waals surface area contributed by atoms with E-state index in [1.54, 1.807) is 0 Å². The summed E-state index contributed by atoms with van der Waals surface area (Å²) in [4.78, 5) is 7.85. The highest BCUT2D eigenvalue weighted by atomic mass is 35.5. The summed E-state index contributed by atoms with van der Waals surface area (Å²) >= 11 is 6.23. The van der Waals surface area contributed by atoms with Crippen molar-refractivity contribution in [2.75, 3.05) is 0 Å². The molecule has 0 amide bonds. The van der Waals surface area contributed by atoms with E-state index in [0.717, 1.165) is 22.9 Å². The van der Waals surface area contributed by atoms with Crippen LogP contribution in [0.5, 0.6) is 0 Å². The highest BCUT2D eigenvalue weighted by Crippen LogP contribution is 2.34. The number of fused-ring (bicyclic) bond motifs is 2. The summed E-state index contributed by atoms with van der Waals surface area (Å²) in [7, 11) is 1.48. The SMILES string of the molecule is Cn1c(-n2nc3cc(C(F)(F)F)ccc3c2Cl)nc2cc(C(F)(F)F)cnc21. The first-order chi connectivity index (χ1) is 13.0. The molecule has 3 heterocycles. The minimum absolute atomic E-state index is 0.0107. The van der Waals surface area contributed by atoms with Gasteiger partial charge in [0.15, 0.2) is 5.65 Å². The number of alkyl halides is 6. The average molecular weight is 420 g/mol. The average Bonchev–Trinajstić information content (AvgIpc) is 3.10. The number of benzene rings is 1. The van der Waals surface area contributed by atoms with Crippen molar-refractivity contribution in [3.63, 3.8) is 0 Å². The molecule has 0 fully saturated rings. The lowest BCUT2D eigenvalue weighted by molar-refractivity contribution is -0.138. The number of imidazole rings is 1. The van der Waals surface area contributed by atoms with Gasteiger partial charge < -0.3 is 0 Å². The largest absolute Gasteiger partial charge is 0.417 e. The summed E-state index contributed by atoms with van der Waals surface area (Å²) in [6.07, 6.45) is -8.48. The molecule has 5 nitrogen and oxygen atoms in total. The molecule has 0 bridgehead atoms. The van der Waals surface area contributed by atoms with Crippen LogP contribution in [0.3, 0.4) is 0 Å². The smallest absolute Gasteiger partial charge is 0.296 e. The van der Waals surface area contributed by atoms with Crippen molar-refractivity contribution in [1.82, 2.24) is 24.3 Å². The van der Waals surface area contributed by atoms with Gasteiger partial charge in [0.2, 0.25) is 5.95 Å². The van der Waals surface area contributed by atoms with Crippen LogP contribution in [0.2, 0.25) is 5.15 Å². The molecule has 4 rings (SSSR count). The van der Waals surface area contributed by atoms with Crippen molar-refractivity contribution < 1.29 is 26.3 Å². The minimum Gasteiger partial charge on any atom is -0.296 e. The number of nitrogens with zero attached hydrogens (tertiary/aromatic N) is 5. The topological polar surface area (TPSA) is 48.5 Å². The van der Waals surface area contributed by atoms with E-state index in [2.05, 4.69) is 15.1 Å². The van der Waals surface area contributed by atoms with Crippen molar-refractivity contribution in [3.8, 4) is 5.95 Å². The van der Waals surface area contributed by atoms with Gasteiger partial charge in [0.25, 0.3) is 0 Å². The second-order valence-corrected chi connectivity index (χ2v) is 6.33. The van der Waals surface area contributed by atoms with Crippen LogP contribution in [0, 0.1) is 0 Å². The summed E-state index contributed by atoms with van der Waals surface area (Å²) < 4.78 is 79.7. The first-order valence-electron chi connectivity index (χ1n) is 7.62. The third-order valence-corrected chi connectivity index (χ3v) is 4.51. The van der Waals surface area contributed by atoms with Crippen LogP contribution >= 0.6 is 11.6 Å². The van der Waals surface area contributed by atoms with Crippen molar-refractivity contribution >= 4 is 33.7 Å². The lowest BCUT2D eigenvalue weighted by Crippen LogP contribution is -2.06. The minimum atomic E-state index is -4.59. The fourth-order valence-corrected chi connectivity index (χ4v) is 3.05. The maximum absolute atomic E-state index is 12.9. The molecular formula is C16H8ClF6N5. The molecule has 0 atom stereocenters. The zero-order valence-corrected chi connectivity index (χ0v) is 14.5. The number of halogens is 7. The van der Waals surface area contributed by atoms with E-state index in [1.807, 2.05) is 0 Å². The predicted octanol–water partition coefficient (Wildman–Crippen LogP) is 5.00. The van der Waals surface area contributed by atoms with E-state index < -0.39 is 23.5 Å². The Balaban J connectivity index is 1.91. The van der Waals surface area contributed by atoms with Gasteiger partial charge in [0, 0.05) is 18.6 Å². The van der Waals surface area contributed by atoms with Crippen molar-refractivity contribution in [2.45, 2.75) is 12.4 Å². The molecule has 0 saturated heterocycles. The second kappa shape index (κ2) is 5.84.